The second-order valence-electron chi connectivity index (χ2n) is 4.11. The summed E-state index contributed by atoms with van der Waals surface area (Å²) in [4.78, 5) is 14.1. The highest BCUT2D eigenvalue weighted by molar-refractivity contribution is 14.1. The van der Waals surface area contributed by atoms with Crippen molar-refractivity contribution in [2.75, 3.05) is 19.6 Å². The Kier molecular flexibility index (Phi) is 5.69. The molecule has 1 fully saturated rings. The second-order valence-corrected chi connectivity index (χ2v) is 5.36. The van der Waals surface area contributed by atoms with Crippen LogP contribution in [0.4, 0.5) is 0 Å². The summed E-state index contributed by atoms with van der Waals surface area (Å²) in [5.41, 5.74) is 0.787. The van der Waals surface area contributed by atoms with Crippen molar-refractivity contribution in [3.63, 3.8) is 0 Å². The molecule has 94 valence electrons. The van der Waals surface area contributed by atoms with Gasteiger partial charge in [0.1, 0.15) is 0 Å². The topological polar surface area (TPSA) is 32.3 Å². The molecule has 1 aromatic carbocycles. The van der Waals surface area contributed by atoms with Crippen molar-refractivity contribution < 1.29 is 4.79 Å². The first-order valence-electron chi connectivity index (χ1n) is 5.45. The molecule has 3 nitrogen and oxygen atoms in total. The van der Waals surface area contributed by atoms with Crippen molar-refractivity contribution in [1.82, 2.24) is 10.2 Å². The fourth-order valence-electron chi connectivity index (χ4n) is 1.89. The zero-order chi connectivity index (χ0) is 11.5. The number of hydrogen-bond donors (Lipinski definition) is 1. The van der Waals surface area contributed by atoms with Crippen LogP contribution in [0.25, 0.3) is 0 Å². The van der Waals surface area contributed by atoms with Gasteiger partial charge in [-0.05, 0) is 53.8 Å². The highest BCUT2D eigenvalue weighted by atomic mass is 127. The summed E-state index contributed by atoms with van der Waals surface area (Å²) in [5, 5.41) is 3.33. The van der Waals surface area contributed by atoms with E-state index in [-0.39, 0.29) is 18.3 Å². The Morgan fingerprint density at radius 2 is 2.06 bits per heavy atom. The van der Waals surface area contributed by atoms with E-state index in [1.54, 1.807) is 0 Å². The molecular formula is C12H16ClIN2O. The minimum Gasteiger partial charge on any atom is -0.336 e. The Labute approximate surface area is 122 Å². The van der Waals surface area contributed by atoms with Crippen LogP contribution in [0.1, 0.15) is 17.3 Å². The van der Waals surface area contributed by atoms with Gasteiger partial charge < -0.3 is 10.2 Å². The van der Waals surface area contributed by atoms with E-state index in [9.17, 15) is 4.79 Å². The highest BCUT2D eigenvalue weighted by Crippen LogP contribution is 2.10. The Morgan fingerprint density at radius 3 is 2.65 bits per heavy atom. The third kappa shape index (κ3) is 3.82. The fraction of sp³-hybridized carbons (Fsp3) is 0.417. The van der Waals surface area contributed by atoms with Crippen LogP contribution in [-0.2, 0) is 0 Å². The van der Waals surface area contributed by atoms with Crippen LogP contribution in [0.3, 0.4) is 0 Å². The van der Waals surface area contributed by atoms with E-state index in [0.29, 0.717) is 6.04 Å². The molecule has 1 N–H and O–H groups in total. The number of carbonyl (C=O) groups excluding carboxylic acids is 1. The number of rotatable bonds is 1. The first-order valence-corrected chi connectivity index (χ1v) is 6.53. The molecule has 5 heteroatoms. The van der Waals surface area contributed by atoms with Crippen molar-refractivity contribution in [2.24, 2.45) is 0 Å². The van der Waals surface area contributed by atoms with Gasteiger partial charge in [0.25, 0.3) is 5.91 Å². The van der Waals surface area contributed by atoms with Crippen molar-refractivity contribution >= 4 is 40.9 Å². The number of halogens is 2. The maximum Gasteiger partial charge on any atom is 0.253 e. The summed E-state index contributed by atoms with van der Waals surface area (Å²) < 4.78 is 1.16. The Hall–Kier alpha value is -0.330. The Bertz CT molecular complexity index is 383. The summed E-state index contributed by atoms with van der Waals surface area (Å²) in [6.07, 6.45) is 0. The first kappa shape index (κ1) is 14.7. The minimum atomic E-state index is 0. The molecule has 1 saturated heterocycles. The molecule has 2 rings (SSSR count). The fourth-order valence-corrected chi connectivity index (χ4v) is 2.25. The van der Waals surface area contributed by atoms with Gasteiger partial charge in [0.15, 0.2) is 0 Å². The molecule has 0 saturated carbocycles. The molecule has 1 aliphatic rings. The number of benzene rings is 1. The van der Waals surface area contributed by atoms with Gasteiger partial charge in [0.2, 0.25) is 0 Å². The molecule has 0 spiro atoms. The zero-order valence-electron chi connectivity index (χ0n) is 9.65. The molecule has 0 radical (unpaired) electrons. The predicted octanol–water partition coefficient (Wildman–Crippen LogP) is 2.15. The van der Waals surface area contributed by atoms with Crippen molar-refractivity contribution in [2.45, 2.75) is 13.0 Å². The average Bonchev–Trinajstić information content (AvgIpc) is 2.29. The summed E-state index contributed by atoms with van der Waals surface area (Å²) in [5.74, 6) is 0.143. The largest absolute Gasteiger partial charge is 0.336 e. The molecule has 1 heterocycles. The monoisotopic (exact) mass is 366 g/mol. The van der Waals surface area contributed by atoms with Gasteiger partial charge in [-0.1, -0.05) is 0 Å². The number of hydrogen-bond acceptors (Lipinski definition) is 2. The summed E-state index contributed by atoms with van der Waals surface area (Å²) in [7, 11) is 0. The molecule has 1 amide bonds. The van der Waals surface area contributed by atoms with Gasteiger partial charge in [-0.25, -0.2) is 0 Å². The maximum atomic E-state index is 12.2. The van der Waals surface area contributed by atoms with Crippen LogP contribution in [0, 0.1) is 3.57 Å². The molecular weight excluding hydrogens is 351 g/mol. The van der Waals surface area contributed by atoms with E-state index in [2.05, 4.69) is 34.8 Å². The third-order valence-electron chi connectivity index (χ3n) is 2.75. The summed E-state index contributed by atoms with van der Waals surface area (Å²) in [6, 6.07) is 8.13. The van der Waals surface area contributed by atoms with Crippen LogP contribution in [-0.4, -0.2) is 36.5 Å². The Morgan fingerprint density at radius 1 is 1.41 bits per heavy atom. The Balaban J connectivity index is 0.00000144. The van der Waals surface area contributed by atoms with E-state index in [4.69, 9.17) is 0 Å². The van der Waals surface area contributed by atoms with Crippen LogP contribution < -0.4 is 5.32 Å². The predicted molar refractivity (Wildman–Crippen MR) is 79.8 cm³/mol. The number of carbonyl (C=O) groups is 1. The van der Waals surface area contributed by atoms with Crippen LogP contribution >= 0.6 is 35.0 Å². The minimum absolute atomic E-state index is 0. The lowest BCUT2D eigenvalue weighted by molar-refractivity contribution is 0.0709. The third-order valence-corrected chi connectivity index (χ3v) is 3.47. The van der Waals surface area contributed by atoms with Crippen LogP contribution in [0.2, 0.25) is 0 Å². The molecule has 1 aromatic rings. The summed E-state index contributed by atoms with van der Waals surface area (Å²) >= 11 is 2.24. The van der Waals surface area contributed by atoms with E-state index >= 15 is 0 Å². The van der Waals surface area contributed by atoms with E-state index < -0.39 is 0 Å². The van der Waals surface area contributed by atoms with Gasteiger partial charge in [0.05, 0.1) is 0 Å². The lowest BCUT2D eigenvalue weighted by atomic mass is 10.1. The molecule has 0 unspecified atom stereocenters. The van der Waals surface area contributed by atoms with Crippen LogP contribution in [0.5, 0.6) is 0 Å². The van der Waals surface area contributed by atoms with Gasteiger partial charge in [-0.3, -0.25) is 4.79 Å². The molecule has 0 bridgehead atoms. The average molecular weight is 367 g/mol. The number of piperazine rings is 1. The van der Waals surface area contributed by atoms with Gasteiger partial charge in [-0.2, -0.15) is 0 Å². The standard InChI is InChI=1S/C12H15IN2O.ClH/c1-9-8-15(7-6-14-9)12(16)10-2-4-11(13)5-3-10;/h2-5,9,14H,6-8H2,1H3;1H/t9-;/m1./s1. The molecule has 0 aromatic heterocycles. The normalized spacial score (nSPS) is 19.6. The summed E-state index contributed by atoms with van der Waals surface area (Å²) in [6.45, 7) is 4.59. The van der Waals surface area contributed by atoms with Crippen LogP contribution in [0.15, 0.2) is 24.3 Å². The molecule has 0 aliphatic carbocycles. The van der Waals surface area contributed by atoms with Crippen molar-refractivity contribution in [3.05, 3.63) is 33.4 Å². The van der Waals surface area contributed by atoms with Gasteiger partial charge in [0, 0.05) is 34.8 Å². The highest BCUT2D eigenvalue weighted by Gasteiger charge is 2.21. The quantitative estimate of drug-likeness (QED) is 0.773. The lowest BCUT2D eigenvalue weighted by Gasteiger charge is -2.31. The number of nitrogens with one attached hydrogen (secondary N) is 1. The van der Waals surface area contributed by atoms with Crippen molar-refractivity contribution in [1.29, 1.82) is 0 Å². The second kappa shape index (κ2) is 6.56. The maximum absolute atomic E-state index is 12.2. The van der Waals surface area contributed by atoms with Crippen molar-refractivity contribution in [3.8, 4) is 0 Å². The number of amides is 1. The SMILES string of the molecule is C[C@@H]1CN(C(=O)c2ccc(I)cc2)CCN1.Cl. The van der Waals surface area contributed by atoms with Gasteiger partial charge >= 0.3 is 0 Å². The lowest BCUT2D eigenvalue weighted by Crippen LogP contribution is -2.51. The van der Waals surface area contributed by atoms with E-state index in [1.165, 1.54) is 0 Å². The molecule has 1 aliphatic heterocycles. The smallest absolute Gasteiger partial charge is 0.253 e. The molecule has 1 atom stereocenters. The van der Waals surface area contributed by atoms with E-state index in [1.807, 2.05) is 29.2 Å². The number of nitrogens with zero attached hydrogens (tertiary/aromatic N) is 1. The first-order chi connectivity index (χ1) is 7.66. The molecule has 17 heavy (non-hydrogen) atoms. The van der Waals surface area contributed by atoms with E-state index in [0.717, 1.165) is 28.8 Å². The van der Waals surface area contributed by atoms with Gasteiger partial charge in [-0.15, -0.1) is 12.4 Å². The zero-order valence-corrected chi connectivity index (χ0v) is 12.6.